The summed E-state index contributed by atoms with van der Waals surface area (Å²) in [6.45, 7) is 2.43. The number of pyridine rings is 1. The van der Waals surface area contributed by atoms with E-state index in [2.05, 4.69) is 16.9 Å². The molecule has 0 unspecified atom stereocenters. The number of H-pyrrole nitrogens is 1. The van der Waals surface area contributed by atoms with Crippen LogP contribution in [0.15, 0.2) is 51.0 Å². The molecular formula is C18H18ClN3O2S. The molecule has 0 aliphatic rings. The maximum absolute atomic E-state index is 12.4. The number of unbranched alkanes of at least 4 members (excludes halogenated alkanes) is 1. The Morgan fingerprint density at radius 2 is 2.00 bits per heavy atom. The number of benzene rings is 1. The van der Waals surface area contributed by atoms with Gasteiger partial charge in [0.15, 0.2) is 5.15 Å². The average molecular weight is 376 g/mol. The Hall–Kier alpha value is -2.05. The molecule has 25 heavy (non-hydrogen) atoms. The van der Waals surface area contributed by atoms with Gasteiger partial charge in [0.2, 0.25) is 0 Å². The third-order valence-electron chi connectivity index (χ3n) is 3.83. The SMILES string of the molecule is CCCCSc1cc2c([nH]c(=O)c(=O)n2Cc2ccccc2)c(Cl)n1. The van der Waals surface area contributed by atoms with Gasteiger partial charge >= 0.3 is 11.1 Å². The summed E-state index contributed by atoms with van der Waals surface area (Å²) >= 11 is 7.86. The Morgan fingerprint density at radius 1 is 1.24 bits per heavy atom. The normalized spacial score (nSPS) is 11.1. The maximum Gasteiger partial charge on any atom is 0.317 e. The molecule has 0 atom stereocenters. The quantitative estimate of drug-likeness (QED) is 0.309. The van der Waals surface area contributed by atoms with Crippen LogP contribution < -0.4 is 11.1 Å². The van der Waals surface area contributed by atoms with Gasteiger partial charge in [0.05, 0.1) is 12.1 Å². The van der Waals surface area contributed by atoms with Crippen LogP contribution in [0.25, 0.3) is 11.0 Å². The Labute approximate surface area is 154 Å². The van der Waals surface area contributed by atoms with Gasteiger partial charge in [-0.2, -0.15) is 0 Å². The number of nitrogens with one attached hydrogen (secondary N) is 1. The van der Waals surface area contributed by atoms with Gasteiger partial charge in [-0.05, 0) is 23.8 Å². The van der Waals surface area contributed by atoms with Crippen LogP contribution in [0, 0.1) is 0 Å². The van der Waals surface area contributed by atoms with Crippen LogP contribution in [0.1, 0.15) is 25.3 Å². The topological polar surface area (TPSA) is 67.8 Å². The molecule has 7 heteroatoms. The molecule has 3 aromatic rings. The van der Waals surface area contributed by atoms with E-state index in [-0.39, 0.29) is 5.15 Å². The largest absolute Gasteiger partial charge is 0.317 e. The van der Waals surface area contributed by atoms with Crippen LogP contribution in [0.3, 0.4) is 0 Å². The highest BCUT2D eigenvalue weighted by atomic mass is 35.5. The molecule has 0 radical (unpaired) electrons. The Balaban J connectivity index is 2.14. The van der Waals surface area contributed by atoms with Gasteiger partial charge in [0.1, 0.15) is 10.5 Å². The van der Waals surface area contributed by atoms with Gasteiger partial charge < -0.3 is 4.98 Å². The molecule has 2 heterocycles. The number of halogens is 1. The zero-order valence-electron chi connectivity index (χ0n) is 13.8. The first-order valence-electron chi connectivity index (χ1n) is 8.10. The van der Waals surface area contributed by atoms with E-state index in [4.69, 9.17) is 11.6 Å². The van der Waals surface area contributed by atoms with Crippen LogP contribution in [-0.2, 0) is 6.54 Å². The number of thioether (sulfide) groups is 1. The number of aromatic nitrogens is 3. The monoisotopic (exact) mass is 375 g/mol. The number of nitrogens with zero attached hydrogens (tertiary/aromatic N) is 2. The van der Waals surface area contributed by atoms with Crippen molar-refractivity contribution in [2.75, 3.05) is 5.75 Å². The van der Waals surface area contributed by atoms with Gasteiger partial charge in [0, 0.05) is 0 Å². The first kappa shape index (κ1) is 17.8. The highest BCUT2D eigenvalue weighted by Gasteiger charge is 2.13. The summed E-state index contributed by atoms with van der Waals surface area (Å²) in [7, 11) is 0. The predicted molar refractivity (Wildman–Crippen MR) is 103 cm³/mol. The smallest absolute Gasteiger partial charge is 0.313 e. The molecule has 0 aliphatic carbocycles. The average Bonchev–Trinajstić information content (AvgIpc) is 2.61. The van der Waals surface area contributed by atoms with E-state index < -0.39 is 11.1 Å². The van der Waals surface area contributed by atoms with E-state index in [1.165, 1.54) is 4.57 Å². The molecule has 3 rings (SSSR count). The molecule has 0 bridgehead atoms. The van der Waals surface area contributed by atoms with E-state index >= 15 is 0 Å². The summed E-state index contributed by atoms with van der Waals surface area (Å²) in [6, 6.07) is 11.4. The first-order chi connectivity index (χ1) is 12.1. The van der Waals surface area contributed by atoms with Gasteiger partial charge in [0.25, 0.3) is 0 Å². The molecule has 0 fully saturated rings. The molecule has 5 nitrogen and oxygen atoms in total. The lowest BCUT2D eigenvalue weighted by atomic mass is 10.2. The van der Waals surface area contributed by atoms with Crippen LogP contribution in [-0.4, -0.2) is 20.3 Å². The minimum Gasteiger partial charge on any atom is -0.313 e. The lowest BCUT2D eigenvalue weighted by Gasteiger charge is -2.12. The van der Waals surface area contributed by atoms with Gasteiger partial charge in [-0.25, -0.2) is 4.98 Å². The van der Waals surface area contributed by atoms with Crippen LogP contribution in [0.4, 0.5) is 0 Å². The van der Waals surface area contributed by atoms with Crippen molar-refractivity contribution in [3.63, 3.8) is 0 Å². The molecule has 1 aromatic carbocycles. The third kappa shape index (κ3) is 3.96. The summed E-state index contributed by atoms with van der Waals surface area (Å²) in [4.78, 5) is 31.3. The van der Waals surface area contributed by atoms with Crippen molar-refractivity contribution < 1.29 is 0 Å². The second kappa shape index (κ2) is 7.89. The fourth-order valence-electron chi connectivity index (χ4n) is 2.53. The van der Waals surface area contributed by atoms with Crippen molar-refractivity contribution in [2.45, 2.75) is 31.3 Å². The lowest BCUT2D eigenvalue weighted by Crippen LogP contribution is -2.36. The lowest BCUT2D eigenvalue weighted by molar-refractivity contribution is 0.773. The standard InChI is InChI=1S/C18H18ClN3O2S/c1-2-3-9-25-14-10-13-15(16(19)20-14)21-17(23)18(24)22(13)11-12-7-5-4-6-8-12/h4-8,10H,2-3,9,11H2,1H3,(H,21,23). The number of fused-ring (bicyclic) bond motifs is 1. The van der Waals surface area contributed by atoms with E-state index in [1.54, 1.807) is 11.8 Å². The maximum atomic E-state index is 12.4. The third-order valence-corrected chi connectivity index (χ3v) is 5.10. The fourth-order valence-corrected chi connectivity index (χ4v) is 3.80. The van der Waals surface area contributed by atoms with E-state index in [1.807, 2.05) is 36.4 Å². The van der Waals surface area contributed by atoms with E-state index in [0.29, 0.717) is 17.6 Å². The minimum absolute atomic E-state index is 0.204. The van der Waals surface area contributed by atoms with Gasteiger partial charge in [-0.15, -0.1) is 11.8 Å². The zero-order valence-corrected chi connectivity index (χ0v) is 15.4. The number of aromatic amines is 1. The van der Waals surface area contributed by atoms with E-state index in [9.17, 15) is 9.59 Å². The number of hydrogen-bond donors (Lipinski definition) is 1. The van der Waals surface area contributed by atoms with Crippen molar-refractivity contribution in [1.29, 1.82) is 0 Å². The number of rotatable bonds is 6. The molecule has 0 amide bonds. The summed E-state index contributed by atoms with van der Waals surface area (Å²) in [5.41, 5.74) is 0.626. The molecule has 0 aliphatic heterocycles. The Kier molecular flexibility index (Phi) is 5.60. The van der Waals surface area contributed by atoms with Crippen LogP contribution >= 0.6 is 23.4 Å². The van der Waals surface area contributed by atoms with Crippen molar-refractivity contribution in [3.8, 4) is 0 Å². The summed E-state index contributed by atoms with van der Waals surface area (Å²) in [5, 5.41) is 0.953. The first-order valence-corrected chi connectivity index (χ1v) is 9.46. The Bertz CT molecular complexity index is 999. The highest BCUT2D eigenvalue weighted by Crippen LogP contribution is 2.25. The van der Waals surface area contributed by atoms with Crippen LogP contribution in [0.5, 0.6) is 0 Å². The van der Waals surface area contributed by atoms with Crippen molar-refractivity contribution in [2.24, 2.45) is 0 Å². The molecule has 0 saturated heterocycles. The molecule has 0 saturated carbocycles. The Morgan fingerprint density at radius 3 is 2.72 bits per heavy atom. The second-order valence-corrected chi connectivity index (χ2v) is 7.15. The molecule has 0 spiro atoms. The zero-order chi connectivity index (χ0) is 17.8. The predicted octanol–water partition coefficient (Wildman–Crippen LogP) is 3.68. The molecule has 1 N–H and O–H groups in total. The highest BCUT2D eigenvalue weighted by molar-refractivity contribution is 7.99. The number of hydrogen-bond acceptors (Lipinski definition) is 4. The summed E-state index contributed by atoms with van der Waals surface area (Å²) < 4.78 is 1.46. The van der Waals surface area contributed by atoms with Crippen molar-refractivity contribution in [3.05, 3.63) is 67.8 Å². The minimum atomic E-state index is -0.696. The molecule has 2 aromatic heterocycles. The van der Waals surface area contributed by atoms with Gasteiger partial charge in [-0.1, -0.05) is 55.3 Å². The van der Waals surface area contributed by atoms with Crippen molar-refractivity contribution in [1.82, 2.24) is 14.5 Å². The summed E-state index contributed by atoms with van der Waals surface area (Å²) in [5.74, 6) is 0.928. The molecule has 130 valence electrons. The fraction of sp³-hybridized carbons (Fsp3) is 0.278. The second-order valence-electron chi connectivity index (χ2n) is 5.68. The summed E-state index contributed by atoms with van der Waals surface area (Å²) in [6.07, 6.45) is 2.17. The van der Waals surface area contributed by atoms with E-state index in [0.717, 1.165) is 29.2 Å². The molecular weight excluding hydrogens is 358 g/mol. The van der Waals surface area contributed by atoms with Gasteiger partial charge in [-0.3, -0.25) is 14.2 Å². The van der Waals surface area contributed by atoms with Crippen LogP contribution in [0.2, 0.25) is 5.15 Å². The van der Waals surface area contributed by atoms with Crippen molar-refractivity contribution >= 4 is 34.4 Å².